The van der Waals surface area contributed by atoms with Crippen LogP contribution in [0.3, 0.4) is 0 Å². The Labute approximate surface area is 115 Å². The Balaban J connectivity index is 1.92. The van der Waals surface area contributed by atoms with Crippen LogP contribution in [0.5, 0.6) is 0 Å². The maximum atomic E-state index is 12.0. The van der Waals surface area contributed by atoms with Crippen LogP contribution < -0.4 is 5.32 Å². The van der Waals surface area contributed by atoms with E-state index in [9.17, 15) is 4.79 Å². The molecule has 1 fully saturated rings. The number of rotatable bonds is 5. The lowest BCUT2D eigenvalue weighted by atomic mass is 10.0. The van der Waals surface area contributed by atoms with Gasteiger partial charge in [0, 0.05) is 13.0 Å². The number of amides is 1. The molecule has 1 unspecified atom stereocenters. The molecule has 1 aromatic rings. The normalized spacial score (nSPS) is 20.6. The molecular formula is C15H24N2O2. The first-order valence-corrected chi connectivity index (χ1v) is 7.25. The van der Waals surface area contributed by atoms with Gasteiger partial charge in [0.05, 0.1) is 13.1 Å². The van der Waals surface area contributed by atoms with Gasteiger partial charge in [-0.1, -0.05) is 13.8 Å². The molecule has 1 aliphatic heterocycles. The van der Waals surface area contributed by atoms with Gasteiger partial charge in [0.25, 0.3) is 0 Å². The minimum absolute atomic E-state index is 0.258. The second kappa shape index (κ2) is 6.75. The molecule has 0 radical (unpaired) electrons. The minimum atomic E-state index is 0.258. The van der Waals surface area contributed by atoms with Crippen molar-refractivity contribution in [3.05, 3.63) is 23.7 Å². The minimum Gasteiger partial charge on any atom is -0.463 e. The number of furan rings is 1. The third-order valence-electron chi connectivity index (χ3n) is 3.71. The highest BCUT2D eigenvalue weighted by molar-refractivity contribution is 5.76. The molecule has 0 aliphatic carbocycles. The smallest absolute Gasteiger partial charge is 0.222 e. The van der Waals surface area contributed by atoms with Gasteiger partial charge in [-0.25, -0.2) is 0 Å². The van der Waals surface area contributed by atoms with E-state index in [0.29, 0.717) is 18.9 Å². The van der Waals surface area contributed by atoms with E-state index in [1.807, 2.05) is 17.0 Å². The summed E-state index contributed by atoms with van der Waals surface area (Å²) in [5.41, 5.74) is 0. The van der Waals surface area contributed by atoms with Crippen molar-refractivity contribution in [2.75, 3.05) is 13.1 Å². The van der Waals surface area contributed by atoms with Crippen LogP contribution in [-0.2, 0) is 17.9 Å². The third kappa shape index (κ3) is 4.10. The number of nitrogens with one attached hydrogen (secondary N) is 1. The van der Waals surface area contributed by atoms with Gasteiger partial charge >= 0.3 is 0 Å². The van der Waals surface area contributed by atoms with Crippen molar-refractivity contribution in [2.45, 2.75) is 46.2 Å². The fourth-order valence-electron chi connectivity index (χ4n) is 2.38. The molecule has 1 amide bonds. The van der Waals surface area contributed by atoms with E-state index in [2.05, 4.69) is 19.2 Å². The molecule has 1 atom stereocenters. The van der Waals surface area contributed by atoms with Crippen LogP contribution in [0.4, 0.5) is 0 Å². The Bertz CT molecular complexity index is 414. The van der Waals surface area contributed by atoms with Crippen molar-refractivity contribution >= 4 is 5.91 Å². The summed E-state index contributed by atoms with van der Waals surface area (Å²) in [5, 5.41) is 3.23. The zero-order chi connectivity index (χ0) is 13.7. The Morgan fingerprint density at radius 1 is 1.37 bits per heavy atom. The summed E-state index contributed by atoms with van der Waals surface area (Å²) >= 11 is 0. The predicted octanol–water partition coefficient (Wildman–Crippen LogP) is 2.54. The molecule has 0 bridgehead atoms. The largest absolute Gasteiger partial charge is 0.463 e. The standard InChI is InChI=1S/C15H24N2O2/c1-3-16-10-13-5-6-14(19-13)11-17-9-8-12(2)4-7-15(17)18/h5-6,12,16H,3-4,7-11H2,1-2H3. The Hall–Kier alpha value is -1.29. The van der Waals surface area contributed by atoms with Gasteiger partial charge in [0.2, 0.25) is 5.91 Å². The molecule has 1 N–H and O–H groups in total. The quantitative estimate of drug-likeness (QED) is 0.889. The van der Waals surface area contributed by atoms with Gasteiger partial charge in [-0.05, 0) is 37.4 Å². The lowest BCUT2D eigenvalue weighted by molar-refractivity contribution is -0.131. The summed E-state index contributed by atoms with van der Waals surface area (Å²) in [7, 11) is 0. The van der Waals surface area contributed by atoms with E-state index < -0.39 is 0 Å². The van der Waals surface area contributed by atoms with Crippen LogP contribution in [0, 0.1) is 5.92 Å². The summed E-state index contributed by atoms with van der Waals surface area (Å²) < 4.78 is 5.75. The number of carbonyl (C=O) groups is 1. The van der Waals surface area contributed by atoms with Crippen LogP contribution >= 0.6 is 0 Å². The van der Waals surface area contributed by atoms with Gasteiger partial charge in [0.1, 0.15) is 11.5 Å². The molecule has 0 aromatic carbocycles. The molecule has 19 heavy (non-hydrogen) atoms. The van der Waals surface area contributed by atoms with Crippen molar-refractivity contribution in [1.82, 2.24) is 10.2 Å². The maximum absolute atomic E-state index is 12.0. The van der Waals surface area contributed by atoms with E-state index in [1.54, 1.807) is 0 Å². The number of carbonyl (C=O) groups excluding carboxylic acids is 1. The number of hydrogen-bond donors (Lipinski definition) is 1. The Morgan fingerprint density at radius 3 is 2.95 bits per heavy atom. The van der Waals surface area contributed by atoms with Gasteiger partial charge in [-0.2, -0.15) is 0 Å². The highest BCUT2D eigenvalue weighted by Crippen LogP contribution is 2.20. The average Bonchev–Trinajstić information content (AvgIpc) is 2.79. The van der Waals surface area contributed by atoms with E-state index in [4.69, 9.17) is 4.42 Å². The van der Waals surface area contributed by atoms with Gasteiger partial charge in [-0.3, -0.25) is 4.79 Å². The van der Waals surface area contributed by atoms with Gasteiger partial charge < -0.3 is 14.6 Å². The zero-order valence-electron chi connectivity index (χ0n) is 11.9. The first kappa shape index (κ1) is 14.1. The molecule has 4 heteroatoms. The van der Waals surface area contributed by atoms with Crippen LogP contribution in [-0.4, -0.2) is 23.9 Å². The van der Waals surface area contributed by atoms with Crippen LogP contribution in [0.15, 0.2) is 16.5 Å². The first-order chi connectivity index (χ1) is 9.19. The monoisotopic (exact) mass is 264 g/mol. The molecule has 2 rings (SSSR count). The highest BCUT2D eigenvalue weighted by Gasteiger charge is 2.21. The fourth-order valence-corrected chi connectivity index (χ4v) is 2.38. The van der Waals surface area contributed by atoms with E-state index >= 15 is 0 Å². The second-order valence-electron chi connectivity index (χ2n) is 5.40. The topological polar surface area (TPSA) is 45.5 Å². The summed E-state index contributed by atoms with van der Waals surface area (Å²) in [6, 6.07) is 3.97. The summed E-state index contributed by atoms with van der Waals surface area (Å²) in [4.78, 5) is 13.9. The Kier molecular flexibility index (Phi) is 5.02. The van der Waals surface area contributed by atoms with Crippen molar-refractivity contribution < 1.29 is 9.21 Å². The molecule has 1 saturated heterocycles. The molecule has 1 aromatic heterocycles. The molecular weight excluding hydrogens is 240 g/mol. The number of hydrogen-bond acceptors (Lipinski definition) is 3. The summed E-state index contributed by atoms with van der Waals surface area (Å²) in [6.07, 6.45) is 2.78. The van der Waals surface area contributed by atoms with E-state index in [0.717, 1.165) is 44.0 Å². The van der Waals surface area contributed by atoms with Gasteiger partial charge in [0.15, 0.2) is 0 Å². The SMILES string of the molecule is CCNCc1ccc(CN2CCC(C)CCC2=O)o1. The van der Waals surface area contributed by atoms with Crippen LogP contribution in [0.1, 0.15) is 44.6 Å². The van der Waals surface area contributed by atoms with Crippen LogP contribution in [0.25, 0.3) is 0 Å². The number of nitrogens with zero attached hydrogens (tertiary/aromatic N) is 1. The maximum Gasteiger partial charge on any atom is 0.222 e. The second-order valence-corrected chi connectivity index (χ2v) is 5.40. The molecule has 0 saturated carbocycles. The van der Waals surface area contributed by atoms with E-state index in [1.165, 1.54) is 0 Å². The highest BCUT2D eigenvalue weighted by atomic mass is 16.3. The van der Waals surface area contributed by atoms with Crippen molar-refractivity contribution in [3.8, 4) is 0 Å². The lowest BCUT2D eigenvalue weighted by Crippen LogP contribution is -2.29. The van der Waals surface area contributed by atoms with Crippen molar-refractivity contribution in [1.29, 1.82) is 0 Å². The van der Waals surface area contributed by atoms with E-state index in [-0.39, 0.29) is 5.91 Å². The molecule has 106 valence electrons. The summed E-state index contributed by atoms with van der Waals surface area (Å²) in [6.45, 7) is 7.43. The molecule has 2 heterocycles. The fraction of sp³-hybridized carbons (Fsp3) is 0.667. The van der Waals surface area contributed by atoms with Gasteiger partial charge in [-0.15, -0.1) is 0 Å². The first-order valence-electron chi connectivity index (χ1n) is 7.25. The van der Waals surface area contributed by atoms with Crippen molar-refractivity contribution in [3.63, 3.8) is 0 Å². The molecule has 1 aliphatic rings. The third-order valence-corrected chi connectivity index (χ3v) is 3.71. The number of likely N-dealkylation sites (tertiary alicyclic amines) is 1. The lowest BCUT2D eigenvalue weighted by Gasteiger charge is -2.19. The summed E-state index contributed by atoms with van der Waals surface area (Å²) in [5.74, 6) is 2.73. The van der Waals surface area contributed by atoms with Crippen molar-refractivity contribution in [2.24, 2.45) is 5.92 Å². The molecule has 0 spiro atoms. The van der Waals surface area contributed by atoms with Crippen LogP contribution in [0.2, 0.25) is 0 Å². The Morgan fingerprint density at radius 2 is 2.16 bits per heavy atom. The molecule has 4 nitrogen and oxygen atoms in total. The zero-order valence-corrected chi connectivity index (χ0v) is 11.9. The average molecular weight is 264 g/mol. The predicted molar refractivity (Wildman–Crippen MR) is 74.5 cm³/mol.